The van der Waals surface area contributed by atoms with E-state index in [0.29, 0.717) is 0 Å². The normalized spacial score (nSPS) is 11.8. The number of hydrogen-bond donors (Lipinski definition) is 0. The Labute approximate surface area is 334 Å². The summed E-state index contributed by atoms with van der Waals surface area (Å²) in [5.41, 5.74) is 14.9. The maximum absolute atomic E-state index is 5.32. The van der Waals surface area contributed by atoms with Crippen LogP contribution in [-0.2, 0) is 0 Å². The molecule has 0 fully saturated rings. The van der Waals surface area contributed by atoms with E-state index in [1.165, 1.54) is 54.4 Å². The maximum atomic E-state index is 5.32. The second-order valence-electron chi connectivity index (χ2n) is 15.0. The summed E-state index contributed by atoms with van der Waals surface area (Å²) >= 11 is 0. The van der Waals surface area contributed by atoms with Crippen LogP contribution in [0.2, 0.25) is 0 Å². The average molecular weight is 739 g/mol. The highest BCUT2D eigenvalue weighted by molar-refractivity contribution is 6.20. The fourth-order valence-electron chi connectivity index (χ4n) is 9.09. The van der Waals surface area contributed by atoms with Crippen molar-refractivity contribution in [3.8, 4) is 45.0 Å². The van der Waals surface area contributed by atoms with Gasteiger partial charge in [-0.25, -0.2) is 9.97 Å². The Hall–Kier alpha value is -7.82. The minimum Gasteiger partial charge on any atom is -0.309 e. The van der Waals surface area contributed by atoms with Gasteiger partial charge in [0, 0.05) is 43.7 Å². The summed E-state index contributed by atoms with van der Waals surface area (Å²) in [5.74, 6) is 0. The summed E-state index contributed by atoms with van der Waals surface area (Å²) < 4.78 is 4.87. The quantitative estimate of drug-likeness (QED) is 0.176. The van der Waals surface area contributed by atoms with E-state index in [4.69, 9.17) is 9.97 Å². The predicted octanol–water partition coefficient (Wildman–Crippen LogP) is 14.0. The van der Waals surface area contributed by atoms with E-state index in [2.05, 4.69) is 203 Å². The van der Waals surface area contributed by atoms with Crippen molar-refractivity contribution in [3.05, 3.63) is 206 Å². The highest BCUT2D eigenvalue weighted by Crippen LogP contribution is 2.42. The lowest BCUT2D eigenvalue weighted by molar-refractivity contribution is 1.17. The number of rotatable bonds is 5. The Morgan fingerprint density at radius 2 is 0.810 bits per heavy atom. The summed E-state index contributed by atoms with van der Waals surface area (Å²) in [5, 5.41) is 7.34. The molecule has 0 unspecified atom stereocenters. The van der Waals surface area contributed by atoms with Crippen LogP contribution in [0.4, 0.5) is 0 Å². The third-order valence-electron chi connectivity index (χ3n) is 11.7. The molecule has 58 heavy (non-hydrogen) atoms. The Morgan fingerprint density at radius 1 is 0.293 bits per heavy atom. The van der Waals surface area contributed by atoms with Gasteiger partial charge in [0.2, 0.25) is 0 Å². The van der Waals surface area contributed by atoms with Crippen molar-refractivity contribution in [3.63, 3.8) is 0 Å². The average Bonchev–Trinajstić information content (AvgIpc) is 3.80. The van der Waals surface area contributed by atoms with Gasteiger partial charge in [-0.15, -0.1) is 0 Å². The molecule has 270 valence electrons. The first-order valence-corrected chi connectivity index (χ1v) is 19.8. The zero-order valence-electron chi connectivity index (χ0n) is 31.4. The Bertz CT molecular complexity index is 3550. The molecule has 0 saturated carbocycles. The minimum absolute atomic E-state index is 0.865. The molecule has 0 aliphatic carbocycles. The number of aromatic nitrogens is 4. The molecule has 0 atom stereocenters. The summed E-state index contributed by atoms with van der Waals surface area (Å²) in [4.78, 5) is 10.5. The molecule has 0 aliphatic heterocycles. The molecule has 0 N–H and O–H groups in total. The standard InChI is InChI=1S/C54H34N4/c1-4-16-35(17-5-1)53-54(36-18-6-2-7-19-36)56-47-32-37(28-30-46(47)55-53)39-29-31-50(41-23-11-10-22-40(39)41)58-49-27-15-13-25-43(49)45-33-44-42-24-12-14-26-48(42)57(51(44)34-52(45)58)38-20-8-3-9-21-38/h1-34H. The van der Waals surface area contributed by atoms with Crippen LogP contribution in [0.5, 0.6) is 0 Å². The summed E-state index contributed by atoms with van der Waals surface area (Å²) in [6, 6.07) is 73.7. The van der Waals surface area contributed by atoms with E-state index in [0.717, 1.165) is 56.0 Å². The second-order valence-corrected chi connectivity index (χ2v) is 15.0. The smallest absolute Gasteiger partial charge is 0.0973 e. The molecule has 0 amide bonds. The van der Waals surface area contributed by atoms with E-state index < -0.39 is 0 Å². The van der Waals surface area contributed by atoms with Crippen LogP contribution >= 0.6 is 0 Å². The largest absolute Gasteiger partial charge is 0.309 e. The first kappa shape index (κ1) is 32.4. The van der Waals surface area contributed by atoms with Crippen molar-refractivity contribution in [2.24, 2.45) is 0 Å². The van der Waals surface area contributed by atoms with E-state index >= 15 is 0 Å². The molecule has 0 spiro atoms. The van der Waals surface area contributed by atoms with Gasteiger partial charge in [0.1, 0.15) is 0 Å². The van der Waals surface area contributed by atoms with Gasteiger partial charge in [0.15, 0.2) is 0 Å². The van der Waals surface area contributed by atoms with Crippen LogP contribution in [0.25, 0.3) is 110 Å². The molecular formula is C54H34N4. The molecule has 3 aromatic heterocycles. The molecule has 4 nitrogen and oxygen atoms in total. The number of fused-ring (bicyclic) bond motifs is 8. The zero-order valence-corrected chi connectivity index (χ0v) is 31.4. The van der Waals surface area contributed by atoms with Crippen molar-refractivity contribution in [2.45, 2.75) is 0 Å². The predicted molar refractivity (Wildman–Crippen MR) is 242 cm³/mol. The molecule has 0 bridgehead atoms. The van der Waals surface area contributed by atoms with E-state index in [1.807, 2.05) is 12.1 Å². The van der Waals surface area contributed by atoms with Crippen LogP contribution in [0.15, 0.2) is 206 Å². The number of benzene rings is 9. The van der Waals surface area contributed by atoms with E-state index in [9.17, 15) is 0 Å². The summed E-state index contributed by atoms with van der Waals surface area (Å²) in [6.07, 6.45) is 0. The molecule has 4 heteroatoms. The molecular weight excluding hydrogens is 705 g/mol. The van der Waals surface area contributed by atoms with Crippen molar-refractivity contribution >= 4 is 65.4 Å². The topological polar surface area (TPSA) is 35.6 Å². The van der Waals surface area contributed by atoms with Crippen molar-refractivity contribution < 1.29 is 0 Å². The highest BCUT2D eigenvalue weighted by Gasteiger charge is 2.20. The van der Waals surface area contributed by atoms with Gasteiger partial charge >= 0.3 is 0 Å². The van der Waals surface area contributed by atoms with Crippen molar-refractivity contribution in [2.75, 3.05) is 0 Å². The minimum atomic E-state index is 0.865. The van der Waals surface area contributed by atoms with Crippen LogP contribution in [0, 0.1) is 0 Å². The summed E-state index contributed by atoms with van der Waals surface area (Å²) in [7, 11) is 0. The second kappa shape index (κ2) is 12.9. The number of nitrogens with zero attached hydrogens (tertiary/aromatic N) is 4. The lowest BCUT2D eigenvalue weighted by Crippen LogP contribution is -1.98. The number of hydrogen-bond acceptors (Lipinski definition) is 2. The maximum Gasteiger partial charge on any atom is 0.0973 e. The Kier molecular flexibility index (Phi) is 7.20. The van der Waals surface area contributed by atoms with Gasteiger partial charge < -0.3 is 9.13 Å². The van der Waals surface area contributed by atoms with Gasteiger partial charge in [0.05, 0.1) is 50.2 Å². The zero-order chi connectivity index (χ0) is 38.2. The van der Waals surface area contributed by atoms with Crippen LogP contribution in [0.3, 0.4) is 0 Å². The van der Waals surface area contributed by atoms with E-state index in [1.54, 1.807) is 0 Å². The molecule has 0 aliphatic rings. The third-order valence-corrected chi connectivity index (χ3v) is 11.7. The Balaban J connectivity index is 1.08. The van der Waals surface area contributed by atoms with Crippen molar-refractivity contribution in [1.82, 2.24) is 19.1 Å². The lowest BCUT2D eigenvalue weighted by atomic mass is 9.96. The molecule has 9 aromatic carbocycles. The SMILES string of the molecule is c1ccc(-c2nc3ccc(-c4ccc(-n5c6ccccc6c6cc7c8ccccc8n(-c8ccccc8)c7cc65)c5ccccc45)cc3nc2-c2ccccc2)cc1. The van der Waals surface area contributed by atoms with Crippen LogP contribution in [0.1, 0.15) is 0 Å². The molecule has 12 aromatic rings. The fourth-order valence-corrected chi connectivity index (χ4v) is 9.09. The van der Waals surface area contributed by atoms with Gasteiger partial charge in [-0.2, -0.15) is 0 Å². The third kappa shape index (κ3) is 4.95. The first-order valence-electron chi connectivity index (χ1n) is 19.8. The first-order chi connectivity index (χ1) is 28.8. The van der Waals surface area contributed by atoms with Gasteiger partial charge in [0.25, 0.3) is 0 Å². The van der Waals surface area contributed by atoms with Gasteiger partial charge in [-0.3, -0.25) is 0 Å². The van der Waals surface area contributed by atoms with Crippen LogP contribution < -0.4 is 0 Å². The molecule has 0 radical (unpaired) electrons. The lowest BCUT2D eigenvalue weighted by Gasteiger charge is -2.16. The monoisotopic (exact) mass is 738 g/mol. The van der Waals surface area contributed by atoms with Crippen molar-refractivity contribution in [1.29, 1.82) is 0 Å². The van der Waals surface area contributed by atoms with E-state index in [-0.39, 0.29) is 0 Å². The van der Waals surface area contributed by atoms with Crippen LogP contribution in [-0.4, -0.2) is 19.1 Å². The van der Waals surface area contributed by atoms with Gasteiger partial charge in [-0.05, 0) is 71.1 Å². The fraction of sp³-hybridized carbons (Fsp3) is 0. The summed E-state index contributed by atoms with van der Waals surface area (Å²) in [6.45, 7) is 0. The molecule has 12 rings (SSSR count). The highest BCUT2D eigenvalue weighted by atomic mass is 15.0. The molecule has 3 heterocycles. The number of para-hydroxylation sites is 3. The Morgan fingerprint density at radius 3 is 1.47 bits per heavy atom. The molecule has 0 saturated heterocycles. The van der Waals surface area contributed by atoms with Gasteiger partial charge in [-0.1, -0.05) is 152 Å².